The van der Waals surface area contributed by atoms with Crippen LogP contribution in [0.1, 0.15) is 0 Å². The molecule has 0 atom stereocenters. The fourth-order valence-electron chi connectivity index (χ4n) is 0.664. The van der Waals surface area contributed by atoms with Crippen LogP contribution in [-0.2, 0) is 0 Å². The number of hydrogen-bond acceptors (Lipinski definition) is 2. The van der Waals surface area contributed by atoms with Crippen LogP contribution in [0.4, 0.5) is 10.1 Å². The number of rotatable bonds is 1. The van der Waals surface area contributed by atoms with Crippen molar-refractivity contribution in [3.63, 3.8) is 0 Å². The van der Waals surface area contributed by atoms with Crippen molar-refractivity contribution in [1.29, 1.82) is 0 Å². The van der Waals surface area contributed by atoms with Gasteiger partial charge in [-0.3, -0.25) is 0 Å². The predicted molar refractivity (Wildman–Crippen MR) is 46.1 cm³/mol. The van der Waals surface area contributed by atoms with Crippen LogP contribution in [0.2, 0.25) is 0 Å². The summed E-state index contributed by atoms with van der Waals surface area (Å²) in [4.78, 5) is 0. The van der Waals surface area contributed by atoms with Crippen LogP contribution in [0.3, 0.4) is 0 Å². The van der Waals surface area contributed by atoms with E-state index in [2.05, 4.69) is 11.1 Å². The number of nitrogens with one attached hydrogen (secondary N) is 1. The number of benzene rings is 1. The Balaban J connectivity index is 0.000000461. The smallest absolute Gasteiger partial charge is 0.146 e. The highest BCUT2D eigenvalue weighted by atomic mass is 19.1. The fraction of sp³-hybridized carbons (Fsp3) is 0.250. The molecule has 0 spiro atoms. The molecule has 0 saturated heterocycles. The summed E-state index contributed by atoms with van der Waals surface area (Å²) in [6.45, 7) is 0. The molecule has 0 aliphatic rings. The monoisotopic (exact) mass is 156 g/mol. The molecule has 0 aromatic heterocycles. The molecular formula is C8H13FN2. The van der Waals surface area contributed by atoms with Crippen molar-refractivity contribution >= 4 is 5.69 Å². The van der Waals surface area contributed by atoms with Crippen molar-refractivity contribution in [2.75, 3.05) is 19.4 Å². The highest BCUT2D eigenvalue weighted by Crippen LogP contribution is 2.10. The molecule has 3 heteroatoms. The summed E-state index contributed by atoms with van der Waals surface area (Å²) in [6, 6.07) is 6.56. The van der Waals surface area contributed by atoms with Gasteiger partial charge >= 0.3 is 0 Å². The highest BCUT2D eigenvalue weighted by Gasteiger charge is 1.93. The van der Waals surface area contributed by atoms with E-state index in [1.54, 1.807) is 25.2 Å². The summed E-state index contributed by atoms with van der Waals surface area (Å²) >= 11 is 0. The third kappa shape index (κ3) is 3.00. The van der Waals surface area contributed by atoms with Crippen molar-refractivity contribution in [2.45, 2.75) is 0 Å². The van der Waals surface area contributed by atoms with Gasteiger partial charge in [-0.2, -0.15) is 0 Å². The molecule has 0 aliphatic carbocycles. The minimum Gasteiger partial charge on any atom is -0.386 e. The van der Waals surface area contributed by atoms with Crippen LogP contribution in [0.15, 0.2) is 24.3 Å². The Morgan fingerprint density at radius 3 is 2.18 bits per heavy atom. The molecule has 0 fully saturated rings. The Morgan fingerprint density at radius 2 is 1.82 bits per heavy atom. The minimum atomic E-state index is -0.208. The largest absolute Gasteiger partial charge is 0.386 e. The van der Waals surface area contributed by atoms with Crippen LogP contribution in [0.25, 0.3) is 0 Å². The predicted octanol–water partition coefficient (Wildman–Crippen LogP) is 1.44. The lowest BCUT2D eigenvalue weighted by molar-refractivity contribution is 0.631. The van der Waals surface area contributed by atoms with Gasteiger partial charge in [0.25, 0.3) is 0 Å². The number of halogens is 1. The lowest BCUT2D eigenvalue weighted by Gasteiger charge is -1.97. The van der Waals surface area contributed by atoms with Gasteiger partial charge in [-0.1, -0.05) is 12.1 Å². The summed E-state index contributed by atoms with van der Waals surface area (Å²) in [7, 11) is 3.19. The molecular weight excluding hydrogens is 143 g/mol. The van der Waals surface area contributed by atoms with E-state index in [0.29, 0.717) is 5.69 Å². The zero-order valence-corrected chi connectivity index (χ0v) is 6.76. The standard InChI is InChI=1S/C7H8FN.CH5N/c1-9-7-5-3-2-4-6(7)8;1-2/h2-5,9H,1H3;2H2,1H3. The molecule has 1 aromatic carbocycles. The molecule has 0 radical (unpaired) electrons. The van der Waals surface area contributed by atoms with Crippen LogP contribution >= 0.6 is 0 Å². The molecule has 2 nitrogen and oxygen atoms in total. The first-order valence-corrected chi connectivity index (χ1v) is 3.34. The lowest BCUT2D eigenvalue weighted by atomic mass is 10.3. The van der Waals surface area contributed by atoms with Crippen molar-refractivity contribution in [2.24, 2.45) is 5.73 Å². The lowest BCUT2D eigenvalue weighted by Crippen LogP contribution is -1.90. The molecule has 0 amide bonds. The van der Waals surface area contributed by atoms with Gasteiger partial charge in [0, 0.05) is 7.05 Å². The van der Waals surface area contributed by atoms with Gasteiger partial charge in [0.1, 0.15) is 5.82 Å². The van der Waals surface area contributed by atoms with Crippen LogP contribution in [0.5, 0.6) is 0 Å². The van der Waals surface area contributed by atoms with Gasteiger partial charge in [-0.05, 0) is 19.2 Å². The molecule has 1 rings (SSSR count). The molecule has 0 heterocycles. The molecule has 0 saturated carbocycles. The van der Waals surface area contributed by atoms with E-state index in [-0.39, 0.29) is 5.82 Å². The number of nitrogens with two attached hydrogens (primary N) is 1. The maximum absolute atomic E-state index is 12.5. The summed E-state index contributed by atoms with van der Waals surface area (Å²) in [6.07, 6.45) is 0. The fourth-order valence-corrected chi connectivity index (χ4v) is 0.664. The summed E-state index contributed by atoms with van der Waals surface area (Å²) in [5.74, 6) is -0.208. The Kier molecular flexibility index (Phi) is 5.11. The average Bonchev–Trinajstić information content (AvgIpc) is 2.09. The minimum absolute atomic E-state index is 0.208. The summed E-state index contributed by atoms with van der Waals surface area (Å²) < 4.78 is 12.5. The molecule has 3 N–H and O–H groups in total. The van der Waals surface area contributed by atoms with Gasteiger partial charge < -0.3 is 11.1 Å². The average molecular weight is 156 g/mol. The summed E-state index contributed by atoms with van der Waals surface area (Å²) in [5, 5.41) is 2.72. The second-order valence-corrected chi connectivity index (χ2v) is 1.73. The van der Waals surface area contributed by atoms with E-state index < -0.39 is 0 Å². The van der Waals surface area contributed by atoms with E-state index in [1.165, 1.54) is 13.1 Å². The van der Waals surface area contributed by atoms with Gasteiger partial charge in [0.15, 0.2) is 0 Å². The van der Waals surface area contributed by atoms with Crippen molar-refractivity contribution in [1.82, 2.24) is 0 Å². The van der Waals surface area contributed by atoms with Crippen LogP contribution in [0, 0.1) is 5.82 Å². The zero-order valence-electron chi connectivity index (χ0n) is 6.76. The Bertz CT molecular complexity index is 201. The number of anilines is 1. The third-order valence-electron chi connectivity index (χ3n) is 1.14. The van der Waals surface area contributed by atoms with Crippen LogP contribution in [-0.4, -0.2) is 14.1 Å². The zero-order chi connectivity index (χ0) is 8.69. The first-order valence-electron chi connectivity index (χ1n) is 3.34. The van der Waals surface area contributed by atoms with E-state index in [9.17, 15) is 4.39 Å². The second-order valence-electron chi connectivity index (χ2n) is 1.73. The quantitative estimate of drug-likeness (QED) is 0.645. The van der Waals surface area contributed by atoms with E-state index in [1.807, 2.05) is 0 Å². The molecule has 11 heavy (non-hydrogen) atoms. The Hall–Kier alpha value is -1.09. The van der Waals surface area contributed by atoms with Crippen molar-refractivity contribution in [3.05, 3.63) is 30.1 Å². The van der Waals surface area contributed by atoms with Gasteiger partial charge in [-0.25, -0.2) is 4.39 Å². The second kappa shape index (κ2) is 5.68. The van der Waals surface area contributed by atoms with Gasteiger partial charge in [0.05, 0.1) is 5.69 Å². The van der Waals surface area contributed by atoms with E-state index >= 15 is 0 Å². The van der Waals surface area contributed by atoms with Gasteiger partial charge in [-0.15, -0.1) is 0 Å². The molecule has 1 aromatic rings. The SMILES string of the molecule is CN.CNc1ccccc1F. The summed E-state index contributed by atoms with van der Waals surface area (Å²) in [5.41, 5.74) is 5.04. The molecule has 62 valence electrons. The number of hydrogen-bond donors (Lipinski definition) is 2. The van der Waals surface area contributed by atoms with Crippen LogP contribution < -0.4 is 11.1 Å². The maximum Gasteiger partial charge on any atom is 0.146 e. The third-order valence-corrected chi connectivity index (χ3v) is 1.14. The van der Waals surface area contributed by atoms with E-state index in [4.69, 9.17) is 0 Å². The first kappa shape index (κ1) is 9.91. The molecule has 0 unspecified atom stereocenters. The molecule has 0 aliphatic heterocycles. The van der Waals surface area contributed by atoms with Crippen molar-refractivity contribution in [3.8, 4) is 0 Å². The normalized spacial score (nSPS) is 8.00. The Morgan fingerprint density at radius 1 is 1.27 bits per heavy atom. The Labute approximate surface area is 66.2 Å². The maximum atomic E-state index is 12.5. The van der Waals surface area contributed by atoms with E-state index in [0.717, 1.165) is 0 Å². The molecule has 0 bridgehead atoms. The van der Waals surface area contributed by atoms with Crippen molar-refractivity contribution < 1.29 is 4.39 Å². The first-order chi connectivity index (χ1) is 5.34. The topological polar surface area (TPSA) is 38.0 Å². The van der Waals surface area contributed by atoms with Gasteiger partial charge in [0.2, 0.25) is 0 Å². The number of para-hydroxylation sites is 1. The highest BCUT2D eigenvalue weighted by molar-refractivity contribution is 5.43.